The average molecular weight is 199 g/mol. The SMILES string of the molecule is O=C(O)C1CN(CCO)CCC12CC2. The molecule has 0 aromatic rings. The molecular weight excluding hydrogens is 182 g/mol. The molecule has 1 saturated carbocycles. The normalized spacial score (nSPS) is 30.5. The number of carboxylic acid groups (broad SMARTS) is 1. The molecule has 2 fully saturated rings. The van der Waals surface area contributed by atoms with Gasteiger partial charge in [0.2, 0.25) is 0 Å². The monoisotopic (exact) mass is 199 g/mol. The van der Waals surface area contributed by atoms with Gasteiger partial charge in [0.15, 0.2) is 0 Å². The van der Waals surface area contributed by atoms with Gasteiger partial charge < -0.3 is 15.1 Å². The lowest BCUT2D eigenvalue weighted by molar-refractivity contribution is -0.147. The number of hydrogen-bond acceptors (Lipinski definition) is 3. The number of hydrogen-bond donors (Lipinski definition) is 2. The van der Waals surface area contributed by atoms with E-state index in [-0.39, 0.29) is 17.9 Å². The van der Waals surface area contributed by atoms with E-state index in [4.69, 9.17) is 10.2 Å². The quantitative estimate of drug-likeness (QED) is 0.680. The van der Waals surface area contributed by atoms with E-state index in [9.17, 15) is 4.79 Å². The fourth-order valence-electron chi connectivity index (χ4n) is 2.54. The van der Waals surface area contributed by atoms with Crippen molar-refractivity contribution < 1.29 is 15.0 Å². The van der Waals surface area contributed by atoms with Gasteiger partial charge in [-0.25, -0.2) is 0 Å². The van der Waals surface area contributed by atoms with E-state index in [2.05, 4.69) is 4.90 Å². The minimum atomic E-state index is -0.662. The lowest BCUT2D eigenvalue weighted by atomic mass is 9.82. The highest BCUT2D eigenvalue weighted by Crippen LogP contribution is 2.56. The molecule has 2 N–H and O–H groups in total. The molecule has 1 aliphatic carbocycles. The van der Waals surface area contributed by atoms with Crippen LogP contribution in [0.25, 0.3) is 0 Å². The van der Waals surface area contributed by atoms with Crippen LogP contribution in [0.2, 0.25) is 0 Å². The first-order valence-corrected chi connectivity index (χ1v) is 5.24. The molecule has 1 heterocycles. The van der Waals surface area contributed by atoms with E-state index in [1.807, 2.05) is 0 Å². The van der Waals surface area contributed by atoms with Crippen LogP contribution in [0.1, 0.15) is 19.3 Å². The topological polar surface area (TPSA) is 60.8 Å². The Morgan fingerprint density at radius 3 is 2.64 bits per heavy atom. The zero-order valence-corrected chi connectivity index (χ0v) is 8.28. The van der Waals surface area contributed by atoms with Crippen molar-refractivity contribution in [1.29, 1.82) is 0 Å². The van der Waals surface area contributed by atoms with Crippen LogP contribution in [0, 0.1) is 11.3 Å². The molecule has 2 aliphatic rings. The van der Waals surface area contributed by atoms with E-state index in [0.717, 1.165) is 25.8 Å². The van der Waals surface area contributed by atoms with Crippen molar-refractivity contribution in [2.24, 2.45) is 11.3 Å². The van der Waals surface area contributed by atoms with Crippen molar-refractivity contribution in [1.82, 2.24) is 4.90 Å². The van der Waals surface area contributed by atoms with Gasteiger partial charge in [0, 0.05) is 13.1 Å². The van der Waals surface area contributed by atoms with Crippen LogP contribution < -0.4 is 0 Å². The first-order chi connectivity index (χ1) is 6.68. The minimum Gasteiger partial charge on any atom is -0.481 e. The first-order valence-electron chi connectivity index (χ1n) is 5.24. The number of β-amino-alcohol motifs (C(OH)–C–C–N with tert-alkyl or cyclic N) is 1. The van der Waals surface area contributed by atoms with Crippen LogP contribution in [0.15, 0.2) is 0 Å². The molecule has 1 unspecified atom stereocenters. The number of carboxylic acids is 1. The Labute approximate surface area is 83.5 Å². The van der Waals surface area contributed by atoms with E-state index < -0.39 is 5.97 Å². The molecule has 1 saturated heterocycles. The lowest BCUT2D eigenvalue weighted by Crippen LogP contribution is -2.45. The van der Waals surface area contributed by atoms with Gasteiger partial charge in [-0.3, -0.25) is 4.79 Å². The van der Waals surface area contributed by atoms with Crippen molar-refractivity contribution in [3.8, 4) is 0 Å². The number of carbonyl (C=O) groups is 1. The number of piperidine rings is 1. The fraction of sp³-hybridized carbons (Fsp3) is 0.900. The van der Waals surface area contributed by atoms with Gasteiger partial charge in [0.25, 0.3) is 0 Å². The highest BCUT2D eigenvalue weighted by atomic mass is 16.4. The number of nitrogens with zero attached hydrogens (tertiary/aromatic N) is 1. The van der Waals surface area contributed by atoms with Crippen LogP contribution in [0.4, 0.5) is 0 Å². The van der Waals surface area contributed by atoms with Gasteiger partial charge in [0.05, 0.1) is 12.5 Å². The van der Waals surface area contributed by atoms with Crippen LogP contribution in [-0.2, 0) is 4.79 Å². The second-order valence-corrected chi connectivity index (χ2v) is 4.53. The van der Waals surface area contributed by atoms with Crippen LogP contribution in [-0.4, -0.2) is 47.3 Å². The largest absolute Gasteiger partial charge is 0.481 e. The summed E-state index contributed by atoms with van der Waals surface area (Å²) in [6.45, 7) is 2.30. The molecule has 1 aliphatic heterocycles. The average Bonchev–Trinajstić information content (AvgIpc) is 2.90. The molecule has 0 aromatic carbocycles. The second-order valence-electron chi connectivity index (χ2n) is 4.53. The summed E-state index contributed by atoms with van der Waals surface area (Å²) in [7, 11) is 0. The summed E-state index contributed by atoms with van der Waals surface area (Å²) in [6.07, 6.45) is 3.15. The highest BCUT2D eigenvalue weighted by molar-refractivity contribution is 5.72. The van der Waals surface area contributed by atoms with Gasteiger partial charge in [-0.1, -0.05) is 0 Å². The summed E-state index contributed by atoms with van der Waals surface area (Å²) < 4.78 is 0. The molecule has 0 radical (unpaired) electrons. The van der Waals surface area contributed by atoms with Gasteiger partial charge in [0.1, 0.15) is 0 Å². The van der Waals surface area contributed by atoms with Crippen LogP contribution in [0.5, 0.6) is 0 Å². The Morgan fingerprint density at radius 1 is 1.43 bits per heavy atom. The third-order valence-corrected chi connectivity index (χ3v) is 3.71. The first kappa shape index (κ1) is 9.93. The van der Waals surface area contributed by atoms with Gasteiger partial charge in [-0.2, -0.15) is 0 Å². The maximum Gasteiger partial charge on any atom is 0.308 e. The molecule has 0 aromatic heterocycles. The van der Waals surface area contributed by atoms with Crippen molar-refractivity contribution in [2.45, 2.75) is 19.3 Å². The minimum absolute atomic E-state index is 0.123. The van der Waals surface area contributed by atoms with E-state index in [0.29, 0.717) is 13.1 Å². The molecule has 14 heavy (non-hydrogen) atoms. The third-order valence-electron chi connectivity index (χ3n) is 3.71. The van der Waals surface area contributed by atoms with Crippen LogP contribution in [0.3, 0.4) is 0 Å². The number of aliphatic hydroxyl groups excluding tert-OH is 1. The molecule has 80 valence electrons. The Kier molecular flexibility index (Phi) is 2.49. The molecule has 0 amide bonds. The highest BCUT2D eigenvalue weighted by Gasteiger charge is 2.54. The Hall–Kier alpha value is -0.610. The van der Waals surface area contributed by atoms with Crippen molar-refractivity contribution >= 4 is 5.97 Å². The zero-order chi connectivity index (χ0) is 10.2. The summed E-state index contributed by atoms with van der Waals surface area (Å²) in [4.78, 5) is 13.1. The summed E-state index contributed by atoms with van der Waals surface area (Å²) in [6, 6.07) is 0. The Bertz CT molecular complexity index is 238. The molecule has 4 heteroatoms. The molecule has 0 bridgehead atoms. The van der Waals surface area contributed by atoms with E-state index in [1.165, 1.54) is 0 Å². The molecule has 1 spiro atoms. The number of likely N-dealkylation sites (tertiary alicyclic amines) is 1. The smallest absolute Gasteiger partial charge is 0.308 e. The Morgan fingerprint density at radius 2 is 2.14 bits per heavy atom. The maximum atomic E-state index is 11.1. The summed E-state index contributed by atoms with van der Waals surface area (Å²) >= 11 is 0. The number of aliphatic hydroxyl groups is 1. The van der Waals surface area contributed by atoms with Crippen LogP contribution >= 0.6 is 0 Å². The zero-order valence-electron chi connectivity index (χ0n) is 8.28. The third kappa shape index (κ3) is 1.64. The standard InChI is InChI=1S/C10H17NO3/c12-6-5-11-4-3-10(1-2-10)8(7-11)9(13)14/h8,12H,1-7H2,(H,13,14). The maximum absolute atomic E-state index is 11.1. The summed E-state index contributed by atoms with van der Waals surface area (Å²) in [5.74, 6) is -0.868. The molecule has 1 atom stereocenters. The molecular formula is C10H17NO3. The predicted octanol–water partition coefficient (Wildman–Crippen LogP) is 0.165. The fourth-order valence-corrected chi connectivity index (χ4v) is 2.54. The Balaban J connectivity index is 1.99. The van der Waals surface area contributed by atoms with Gasteiger partial charge >= 0.3 is 5.97 Å². The molecule has 4 nitrogen and oxygen atoms in total. The summed E-state index contributed by atoms with van der Waals surface area (Å²) in [5, 5.41) is 17.9. The van der Waals surface area contributed by atoms with Crippen molar-refractivity contribution in [3.63, 3.8) is 0 Å². The van der Waals surface area contributed by atoms with Crippen molar-refractivity contribution in [2.75, 3.05) is 26.2 Å². The predicted molar refractivity (Wildman–Crippen MR) is 50.9 cm³/mol. The van der Waals surface area contributed by atoms with E-state index >= 15 is 0 Å². The number of aliphatic carboxylic acids is 1. The second kappa shape index (κ2) is 3.51. The molecule has 2 rings (SSSR count). The lowest BCUT2D eigenvalue weighted by Gasteiger charge is -2.36. The summed E-state index contributed by atoms with van der Waals surface area (Å²) in [5.41, 5.74) is 0.123. The van der Waals surface area contributed by atoms with E-state index in [1.54, 1.807) is 0 Å². The number of rotatable bonds is 3. The van der Waals surface area contributed by atoms with Crippen molar-refractivity contribution in [3.05, 3.63) is 0 Å². The van der Waals surface area contributed by atoms with Gasteiger partial charge in [-0.05, 0) is 31.2 Å². The van der Waals surface area contributed by atoms with Gasteiger partial charge in [-0.15, -0.1) is 0 Å².